The SMILES string of the molecule is CN(C)c1c(Cl)c(NC(=O)C(NCc2ccccc2)c2ccccc2)c(O)c2c1CC1CC3[C@H](N(C)C)C(=O)C(C(N)=O)=C(O)C3(O)C(=O)C1=C2O. The number of Topliss-reactive ketones (excluding diaryl/α,β-unsaturated/α-hetero) is 2. The van der Waals surface area contributed by atoms with Gasteiger partial charge in [-0.1, -0.05) is 72.3 Å². The lowest BCUT2D eigenvalue weighted by atomic mass is 9.57. The number of phenols is 1. The number of aromatic hydroxyl groups is 1. The van der Waals surface area contributed by atoms with Crippen LogP contribution in [0.25, 0.3) is 5.76 Å². The monoisotopic (exact) mass is 729 g/mol. The zero-order valence-electron chi connectivity index (χ0n) is 29.0. The topological polar surface area (TPSA) is 206 Å². The molecule has 3 aromatic carbocycles. The molecular formula is C38H40ClN5O8. The number of benzene rings is 3. The highest BCUT2D eigenvalue weighted by Gasteiger charge is 2.64. The fraction of sp³-hybridized carbons (Fsp3) is 0.316. The normalized spacial score (nSPS) is 23.2. The summed E-state index contributed by atoms with van der Waals surface area (Å²) in [4.78, 5) is 57.2. The molecule has 3 aliphatic carbocycles. The number of halogens is 1. The number of phenolic OH excluding ortho intramolecular Hbond substituents is 1. The van der Waals surface area contributed by atoms with E-state index in [1.54, 1.807) is 43.3 Å². The van der Waals surface area contributed by atoms with Crippen LogP contribution in [0.1, 0.15) is 34.7 Å². The van der Waals surface area contributed by atoms with Crippen LogP contribution in [0.2, 0.25) is 5.02 Å². The van der Waals surface area contributed by atoms with Gasteiger partial charge in [-0.2, -0.15) is 0 Å². The van der Waals surface area contributed by atoms with Crippen molar-refractivity contribution in [2.75, 3.05) is 38.4 Å². The van der Waals surface area contributed by atoms with Gasteiger partial charge in [-0.05, 0) is 49.5 Å². The Morgan fingerprint density at radius 3 is 2.19 bits per heavy atom. The van der Waals surface area contributed by atoms with Crippen molar-refractivity contribution in [3.63, 3.8) is 0 Å². The zero-order chi connectivity index (χ0) is 37.8. The number of nitrogens with two attached hydrogens (primary N) is 1. The summed E-state index contributed by atoms with van der Waals surface area (Å²) in [7, 11) is 6.44. The Morgan fingerprint density at radius 1 is 1.00 bits per heavy atom. The Labute approximate surface area is 305 Å². The first kappa shape index (κ1) is 36.6. The lowest BCUT2D eigenvalue weighted by Crippen LogP contribution is -2.65. The Hall–Kier alpha value is -5.21. The molecule has 13 nitrogen and oxygen atoms in total. The van der Waals surface area contributed by atoms with Crippen LogP contribution in [-0.4, -0.2) is 88.5 Å². The standard InChI is InChI=1S/C38H40ClN5O8/c1-43(2)29-21-15-20-16-22-30(44(3)4)33(47)25(36(40)50)35(49)38(22,52)34(48)23(20)31(45)24(21)32(46)28(26(29)39)42-37(51)27(19-13-9-6-10-14-19)41-17-18-11-7-5-8-12-18/h5-14,20,22,27,30,41,45-46,49,52H,15-17H2,1-4H3,(H2,40,50)(H,42,51)/t20?,22?,27?,30-,38?/m0/s1. The van der Waals surface area contributed by atoms with E-state index in [2.05, 4.69) is 10.6 Å². The highest BCUT2D eigenvalue weighted by atomic mass is 35.5. The molecule has 0 saturated heterocycles. The van der Waals surface area contributed by atoms with E-state index in [1.807, 2.05) is 36.4 Å². The summed E-state index contributed by atoms with van der Waals surface area (Å²) >= 11 is 6.97. The highest BCUT2D eigenvalue weighted by Crippen LogP contribution is 2.56. The molecule has 0 radical (unpaired) electrons. The number of primary amides is 1. The Balaban J connectivity index is 1.47. The van der Waals surface area contributed by atoms with Crippen molar-refractivity contribution in [1.29, 1.82) is 0 Å². The first-order chi connectivity index (χ1) is 24.6. The molecule has 2 amide bonds. The molecule has 0 aromatic heterocycles. The fourth-order valence-corrected chi connectivity index (χ4v) is 8.35. The van der Waals surface area contributed by atoms with Gasteiger partial charge in [0.2, 0.25) is 11.7 Å². The third kappa shape index (κ3) is 5.79. The summed E-state index contributed by atoms with van der Waals surface area (Å²) in [6.07, 6.45) is -0.0594. The molecule has 0 heterocycles. The molecule has 1 saturated carbocycles. The van der Waals surface area contributed by atoms with Gasteiger partial charge in [0.25, 0.3) is 5.91 Å². The summed E-state index contributed by atoms with van der Waals surface area (Å²) in [5.74, 6) is -8.42. The second-order valence-electron chi connectivity index (χ2n) is 13.8. The molecule has 0 aliphatic heterocycles. The summed E-state index contributed by atoms with van der Waals surface area (Å²) in [6.45, 7) is 0.333. The first-order valence-corrected chi connectivity index (χ1v) is 17.0. The predicted molar refractivity (Wildman–Crippen MR) is 195 cm³/mol. The molecule has 1 fully saturated rings. The molecular weight excluding hydrogens is 690 g/mol. The Kier molecular flexibility index (Phi) is 9.66. The van der Waals surface area contributed by atoms with Crippen LogP contribution in [0.3, 0.4) is 0 Å². The van der Waals surface area contributed by atoms with Crippen LogP contribution in [-0.2, 0) is 32.1 Å². The number of fused-ring (bicyclic) bond motifs is 3. The predicted octanol–water partition coefficient (Wildman–Crippen LogP) is 3.15. The fourth-order valence-electron chi connectivity index (χ4n) is 7.93. The molecule has 272 valence electrons. The number of rotatable bonds is 9. The Bertz CT molecular complexity index is 2050. The lowest BCUT2D eigenvalue weighted by Gasteiger charge is -2.50. The van der Waals surface area contributed by atoms with Crippen LogP contribution in [0.4, 0.5) is 11.4 Å². The number of aliphatic hydroxyl groups is 3. The number of carbonyl (C=O) groups excluding carboxylic acids is 4. The van der Waals surface area contributed by atoms with Crippen LogP contribution in [0, 0.1) is 11.8 Å². The number of nitrogens with one attached hydrogen (secondary N) is 2. The van der Waals surface area contributed by atoms with Gasteiger partial charge >= 0.3 is 0 Å². The Morgan fingerprint density at radius 2 is 1.62 bits per heavy atom. The van der Waals surface area contributed by atoms with Gasteiger partial charge in [-0.3, -0.25) is 29.4 Å². The molecule has 0 spiro atoms. The van der Waals surface area contributed by atoms with Gasteiger partial charge in [-0.25, -0.2) is 0 Å². The van der Waals surface area contributed by atoms with E-state index < -0.39 is 75.7 Å². The lowest BCUT2D eigenvalue weighted by molar-refractivity contribution is -0.153. The molecule has 8 N–H and O–H groups in total. The number of hydrogen-bond acceptors (Lipinski definition) is 11. The number of likely N-dealkylation sites (N-methyl/N-ethyl adjacent to an activating group) is 1. The average Bonchev–Trinajstić information content (AvgIpc) is 3.08. The van der Waals surface area contributed by atoms with Crippen molar-refractivity contribution in [3.05, 3.63) is 105 Å². The molecule has 6 rings (SSSR count). The molecule has 3 aromatic rings. The number of nitrogens with zero attached hydrogens (tertiary/aromatic N) is 2. The van der Waals surface area contributed by atoms with E-state index >= 15 is 0 Å². The summed E-state index contributed by atoms with van der Waals surface area (Å²) in [5.41, 5.74) is 3.26. The van der Waals surface area contributed by atoms with Gasteiger partial charge in [0, 0.05) is 32.1 Å². The highest BCUT2D eigenvalue weighted by molar-refractivity contribution is 6.37. The van der Waals surface area contributed by atoms with E-state index in [-0.39, 0.29) is 34.7 Å². The zero-order valence-corrected chi connectivity index (χ0v) is 29.7. The largest absolute Gasteiger partial charge is 0.508 e. The quantitative estimate of drug-likeness (QED) is 0.126. The van der Waals surface area contributed by atoms with E-state index in [9.17, 15) is 39.6 Å². The number of anilines is 2. The molecule has 52 heavy (non-hydrogen) atoms. The van der Waals surface area contributed by atoms with Crippen LogP contribution < -0.4 is 21.3 Å². The minimum atomic E-state index is -2.79. The van der Waals surface area contributed by atoms with Crippen LogP contribution >= 0.6 is 11.6 Å². The van der Waals surface area contributed by atoms with E-state index in [0.717, 1.165) is 5.56 Å². The van der Waals surface area contributed by atoms with Crippen molar-refractivity contribution in [2.45, 2.75) is 37.1 Å². The maximum absolute atomic E-state index is 14.3. The third-order valence-electron chi connectivity index (χ3n) is 10.2. The number of carbonyl (C=O) groups is 4. The smallest absolute Gasteiger partial charge is 0.255 e. The number of ketones is 2. The van der Waals surface area contributed by atoms with Crippen LogP contribution in [0.5, 0.6) is 5.75 Å². The van der Waals surface area contributed by atoms with Crippen molar-refractivity contribution < 1.29 is 39.6 Å². The maximum Gasteiger partial charge on any atom is 0.255 e. The summed E-state index contributed by atoms with van der Waals surface area (Å²) in [6, 6.07) is 16.3. The molecule has 4 unspecified atom stereocenters. The van der Waals surface area contributed by atoms with Gasteiger partial charge in [-0.15, -0.1) is 0 Å². The van der Waals surface area contributed by atoms with Crippen molar-refractivity contribution >= 4 is 52.1 Å². The third-order valence-corrected chi connectivity index (χ3v) is 10.6. The van der Waals surface area contributed by atoms with E-state index in [0.29, 0.717) is 23.4 Å². The molecule has 14 heteroatoms. The first-order valence-electron chi connectivity index (χ1n) is 16.6. The van der Waals surface area contributed by atoms with Crippen molar-refractivity contribution in [2.24, 2.45) is 17.6 Å². The van der Waals surface area contributed by atoms with Gasteiger partial charge in [0.15, 0.2) is 17.1 Å². The number of amides is 2. The van der Waals surface area contributed by atoms with Crippen molar-refractivity contribution in [3.8, 4) is 5.75 Å². The van der Waals surface area contributed by atoms with Gasteiger partial charge < -0.3 is 36.4 Å². The average molecular weight is 730 g/mol. The number of hydrogen-bond donors (Lipinski definition) is 7. The number of aliphatic hydroxyl groups excluding tert-OH is 2. The minimum Gasteiger partial charge on any atom is -0.508 e. The second-order valence-corrected chi connectivity index (χ2v) is 14.2. The molecule has 0 bridgehead atoms. The molecule has 5 atom stereocenters. The second kappa shape index (κ2) is 13.7. The van der Waals surface area contributed by atoms with Crippen LogP contribution in [0.15, 0.2) is 77.6 Å². The van der Waals surface area contributed by atoms with Gasteiger partial charge in [0.1, 0.15) is 28.8 Å². The maximum atomic E-state index is 14.3. The van der Waals surface area contributed by atoms with Crippen molar-refractivity contribution in [1.82, 2.24) is 10.2 Å². The van der Waals surface area contributed by atoms with E-state index in [1.165, 1.54) is 19.0 Å². The molecule has 3 aliphatic rings. The van der Waals surface area contributed by atoms with Gasteiger partial charge in [0.05, 0.1) is 22.3 Å². The summed E-state index contributed by atoms with van der Waals surface area (Å²) in [5, 5.41) is 52.8. The summed E-state index contributed by atoms with van der Waals surface area (Å²) < 4.78 is 0. The van der Waals surface area contributed by atoms with E-state index in [4.69, 9.17) is 17.3 Å². The minimum absolute atomic E-state index is 0.0226.